The number of amides is 2. The van der Waals surface area contributed by atoms with Crippen molar-refractivity contribution >= 4 is 11.7 Å². The van der Waals surface area contributed by atoms with Gasteiger partial charge in [-0.2, -0.15) is 0 Å². The molecular formula is C19H20N2O3. The highest BCUT2D eigenvalue weighted by atomic mass is 16.7. The number of nitrogens with zero attached hydrogens (tertiary/aromatic N) is 1. The molecule has 1 N–H and O–H groups in total. The highest BCUT2D eigenvalue weighted by molar-refractivity contribution is 5.90. The van der Waals surface area contributed by atoms with E-state index in [0.717, 1.165) is 25.1 Å². The molecule has 1 atom stereocenters. The Hall–Kier alpha value is -2.69. The zero-order valence-electron chi connectivity index (χ0n) is 13.6. The summed E-state index contributed by atoms with van der Waals surface area (Å²) in [5.74, 6) is 1.39. The molecule has 2 amide bonds. The Kier molecular flexibility index (Phi) is 3.76. The number of hydrogen-bond donors (Lipinski definition) is 1. The van der Waals surface area contributed by atoms with E-state index in [0.29, 0.717) is 11.5 Å². The van der Waals surface area contributed by atoms with E-state index in [1.165, 1.54) is 11.1 Å². The van der Waals surface area contributed by atoms with Crippen LogP contribution in [0.2, 0.25) is 0 Å². The molecule has 5 heteroatoms. The maximum Gasteiger partial charge on any atom is 0.322 e. The van der Waals surface area contributed by atoms with Crippen molar-refractivity contribution in [2.24, 2.45) is 0 Å². The Labute approximate surface area is 141 Å². The van der Waals surface area contributed by atoms with Crippen LogP contribution in [0, 0.1) is 6.92 Å². The van der Waals surface area contributed by atoms with Gasteiger partial charge in [0.05, 0.1) is 6.04 Å². The summed E-state index contributed by atoms with van der Waals surface area (Å²) in [6.45, 7) is 3.10. The lowest BCUT2D eigenvalue weighted by molar-refractivity contribution is 0.174. The average Bonchev–Trinajstić information content (AvgIpc) is 3.24. The van der Waals surface area contributed by atoms with Crippen molar-refractivity contribution in [2.45, 2.75) is 25.8 Å². The molecule has 124 valence electrons. The summed E-state index contributed by atoms with van der Waals surface area (Å²) >= 11 is 0. The van der Waals surface area contributed by atoms with E-state index in [-0.39, 0.29) is 18.9 Å². The van der Waals surface area contributed by atoms with Gasteiger partial charge in [0.1, 0.15) is 0 Å². The fourth-order valence-electron chi connectivity index (χ4n) is 3.46. The second-order valence-electron chi connectivity index (χ2n) is 6.21. The molecule has 4 rings (SSSR count). The van der Waals surface area contributed by atoms with E-state index in [1.807, 2.05) is 29.2 Å². The predicted molar refractivity (Wildman–Crippen MR) is 91.4 cm³/mol. The molecule has 0 unspecified atom stereocenters. The summed E-state index contributed by atoms with van der Waals surface area (Å²) in [6, 6.07) is 13.8. The second-order valence-corrected chi connectivity index (χ2v) is 6.21. The third-order valence-electron chi connectivity index (χ3n) is 4.68. The number of ether oxygens (including phenoxy) is 2. The van der Waals surface area contributed by atoms with Crippen molar-refractivity contribution in [2.75, 3.05) is 18.7 Å². The number of fused-ring (bicyclic) bond motifs is 1. The van der Waals surface area contributed by atoms with Gasteiger partial charge in [-0.15, -0.1) is 0 Å². The van der Waals surface area contributed by atoms with Gasteiger partial charge in [0, 0.05) is 18.3 Å². The minimum atomic E-state index is -0.0698. The number of aryl methyl sites for hydroxylation is 1. The summed E-state index contributed by atoms with van der Waals surface area (Å²) in [5, 5.41) is 2.98. The molecule has 24 heavy (non-hydrogen) atoms. The first-order valence-electron chi connectivity index (χ1n) is 8.25. The number of urea groups is 1. The summed E-state index contributed by atoms with van der Waals surface area (Å²) in [7, 11) is 0. The Morgan fingerprint density at radius 1 is 1.17 bits per heavy atom. The third-order valence-corrected chi connectivity index (χ3v) is 4.68. The molecule has 5 nitrogen and oxygen atoms in total. The first kappa shape index (κ1) is 14.9. The zero-order valence-corrected chi connectivity index (χ0v) is 13.6. The first-order valence-corrected chi connectivity index (χ1v) is 8.25. The van der Waals surface area contributed by atoms with Crippen LogP contribution in [0.5, 0.6) is 11.5 Å². The van der Waals surface area contributed by atoms with Crippen LogP contribution >= 0.6 is 0 Å². The van der Waals surface area contributed by atoms with E-state index in [2.05, 4.69) is 24.4 Å². The van der Waals surface area contributed by atoms with Crippen molar-refractivity contribution < 1.29 is 14.3 Å². The topological polar surface area (TPSA) is 50.8 Å². The minimum Gasteiger partial charge on any atom is -0.454 e. The molecule has 0 aliphatic carbocycles. The number of hydrogen-bond acceptors (Lipinski definition) is 3. The van der Waals surface area contributed by atoms with Crippen molar-refractivity contribution in [3.63, 3.8) is 0 Å². The van der Waals surface area contributed by atoms with Crippen LogP contribution in [0.4, 0.5) is 10.5 Å². The molecular weight excluding hydrogens is 304 g/mol. The largest absolute Gasteiger partial charge is 0.454 e. The maximum absolute atomic E-state index is 12.8. The minimum absolute atomic E-state index is 0.0698. The lowest BCUT2D eigenvalue weighted by atomic mass is 9.99. The number of benzene rings is 2. The van der Waals surface area contributed by atoms with Crippen LogP contribution in [-0.4, -0.2) is 24.3 Å². The van der Waals surface area contributed by atoms with Crippen molar-refractivity contribution in [1.29, 1.82) is 0 Å². The third kappa shape index (κ3) is 2.66. The molecule has 2 aliphatic heterocycles. The van der Waals surface area contributed by atoms with Gasteiger partial charge in [-0.3, -0.25) is 0 Å². The summed E-state index contributed by atoms with van der Waals surface area (Å²) in [6.07, 6.45) is 2.02. The van der Waals surface area contributed by atoms with Gasteiger partial charge < -0.3 is 19.7 Å². The molecule has 2 aromatic carbocycles. The molecule has 2 aromatic rings. The molecule has 2 heterocycles. The zero-order chi connectivity index (χ0) is 16.5. The number of carbonyl (C=O) groups excluding carboxylic acids is 1. The summed E-state index contributed by atoms with van der Waals surface area (Å²) < 4.78 is 10.7. The van der Waals surface area contributed by atoms with Gasteiger partial charge >= 0.3 is 6.03 Å². The molecule has 2 aliphatic rings. The van der Waals surface area contributed by atoms with Crippen LogP contribution < -0.4 is 14.8 Å². The molecule has 0 aromatic heterocycles. The monoisotopic (exact) mass is 324 g/mol. The van der Waals surface area contributed by atoms with Gasteiger partial charge in [-0.05, 0) is 43.0 Å². The summed E-state index contributed by atoms with van der Waals surface area (Å²) in [4.78, 5) is 14.7. The standard InChI is InChI=1S/C19H20N2O3/c1-13-5-2-3-6-15(13)16-7-4-10-21(16)19(22)20-14-8-9-17-18(11-14)24-12-23-17/h2-3,5-6,8-9,11,16H,4,7,10,12H2,1H3,(H,20,22)/t16-/m0/s1. The van der Waals surface area contributed by atoms with Crippen LogP contribution in [0.25, 0.3) is 0 Å². The van der Waals surface area contributed by atoms with Gasteiger partial charge in [0.2, 0.25) is 6.79 Å². The number of likely N-dealkylation sites (tertiary alicyclic amines) is 1. The fourth-order valence-corrected chi connectivity index (χ4v) is 3.46. The first-order chi connectivity index (χ1) is 11.7. The van der Waals surface area contributed by atoms with Crippen LogP contribution in [0.15, 0.2) is 42.5 Å². The smallest absolute Gasteiger partial charge is 0.322 e. The highest BCUT2D eigenvalue weighted by Gasteiger charge is 2.31. The Morgan fingerprint density at radius 2 is 2.00 bits per heavy atom. The SMILES string of the molecule is Cc1ccccc1[C@@H]1CCCN1C(=O)Nc1ccc2c(c1)OCO2. The second kappa shape index (κ2) is 6.07. The van der Waals surface area contributed by atoms with E-state index in [1.54, 1.807) is 6.07 Å². The average molecular weight is 324 g/mol. The van der Waals surface area contributed by atoms with Gasteiger partial charge in [-0.25, -0.2) is 4.79 Å². The maximum atomic E-state index is 12.8. The lowest BCUT2D eigenvalue weighted by Gasteiger charge is -2.26. The van der Waals surface area contributed by atoms with E-state index in [4.69, 9.17) is 9.47 Å². The van der Waals surface area contributed by atoms with Crippen LogP contribution in [0.1, 0.15) is 30.0 Å². The van der Waals surface area contributed by atoms with Crippen LogP contribution in [0.3, 0.4) is 0 Å². The lowest BCUT2D eigenvalue weighted by Crippen LogP contribution is -2.34. The van der Waals surface area contributed by atoms with Crippen molar-refractivity contribution in [1.82, 2.24) is 4.90 Å². The highest BCUT2D eigenvalue weighted by Crippen LogP contribution is 2.36. The molecule has 1 saturated heterocycles. The van der Waals surface area contributed by atoms with E-state index < -0.39 is 0 Å². The number of nitrogens with one attached hydrogen (secondary N) is 1. The molecule has 1 fully saturated rings. The summed E-state index contributed by atoms with van der Waals surface area (Å²) in [5.41, 5.74) is 3.18. The van der Waals surface area contributed by atoms with Gasteiger partial charge in [0.25, 0.3) is 0 Å². The number of anilines is 1. The normalized spacial score (nSPS) is 18.7. The quantitative estimate of drug-likeness (QED) is 0.905. The van der Waals surface area contributed by atoms with Gasteiger partial charge in [-0.1, -0.05) is 24.3 Å². The Balaban J connectivity index is 1.52. The number of rotatable bonds is 2. The van der Waals surface area contributed by atoms with Crippen molar-refractivity contribution in [3.05, 3.63) is 53.6 Å². The predicted octanol–water partition coefficient (Wildman–Crippen LogP) is 4.09. The Bertz CT molecular complexity index is 775. The molecule has 0 radical (unpaired) electrons. The van der Waals surface area contributed by atoms with Crippen molar-refractivity contribution in [3.8, 4) is 11.5 Å². The number of carbonyl (C=O) groups is 1. The van der Waals surface area contributed by atoms with Gasteiger partial charge in [0.15, 0.2) is 11.5 Å². The van der Waals surface area contributed by atoms with E-state index in [9.17, 15) is 4.79 Å². The molecule has 0 bridgehead atoms. The molecule has 0 saturated carbocycles. The van der Waals surface area contributed by atoms with Crippen LogP contribution in [-0.2, 0) is 0 Å². The fraction of sp³-hybridized carbons (Fsp3) is 0.316. The van der Waals surface area contributed by atoms with E-state index >= 15 is 0 Å². The Morgan fingerprint density at radius 3 is 2.88 bits per heavy atom. The molecule has 0 spiro atoms.